The maximum atomic E-state index is 12.9. The fraction of sp³-hybridized carbons (Fsp3) is 0.579. The van der Waals surface area contributed by atoms with E-state index in [1.165, 1.54) is 0 Å². The van der Waals surface area contributed by atoms with E-state index in [-0.39, 0.29) is 30.3 Å². The Hall–Kier alpha value is -1.59. The van der Waals surface area contributed by atoms with Gasteiger partial charge in [-0.05, 0) is 43.9 Å². The Bertz CT molecular complexity index is 586. The summed E-state index contributed by atoms with van der Waals surface area (Å²) in [5, 5.41) is 6.24. The molecular weight excluding hydrogens is 338 g/mol. The fourth-order valence-corrected chi connectivity index (χ4v) is 3.15. The first kappa shape index (κ1) is 21.5. The average Bonchev–Trinajstić information content (AvgIpc) is 3.07. The minimum atomic E-state index is -0.484. The second kappa shape index (κ2) is 9.78. The van der Waals surface area contributed by atoms with E-state index in [0.29, 0.717) is 17.9 Å². The monoisotopic (exact) mass is 367 g/mol. The Morgan fingerprint density at radius 3 is 2.56 bits per heavy atom. The zero-order valence-electron chi connectivity index (χ0n) is 15.5. The maximum absolute atomic E-state index is 12.9. The number of carbonyl (C=O) groups excluding carboxylic acids is 2. The van der Waals surface area contributed by atoms with Crippen molar-refractivity contribution in [2.75, 3.05) is 20.1 Å². The highest BCUT2D eigenvalue weighted by atomic mass is 35.5. The van der Waals surface area contributed by atoms with Crippen LogP contribution in [-0.4, -0.2) is 48.9 Å². The summed E-state index contributed by atoms with van der Waals surface area (Å²) in [4.78, 5) is 27.3. The molecule has 1 heterocycles. The van der Waals surface area contributed by atoms with E-state index < -0.39 is 6.04 Å². The summed E-state index contributed by atoms with van der Waals surface area (Å²) in [5.41, 5.74) is 1.54. The molecule has 1 aromatic carbocycles. The van der Waals surface area contributed by atoms with E-state index in [2.05, 4.69) is 24.5 Å². The van der Waals surface area contributed by atoms with Crippen molar-refractivity contribution in [3.63, 3.8) is 0 Å². The van der Waals surface area contributed by atoms with Gasteiger partial charge < -0.3 is 15.5 Å². The third kappa shape index (κ3) is 5.72. The summed E-state index contributed by atoms with van der Waals surface area (Å²) >= 11 is 0. The van der Waals surface area contributed by atoms with Gasteiger partial charge in [0, 0.05) is 25.2 Å². The molecule has 0 bridgehead atoms. The van der Waals surface area contributed by atoms with Gasteiger partial charge in [0.15, 0.2) is 0 Å². The lowest BCUT2D eigenvalue weighted by Gasteiger charge is -2.29. The van der Waals surface area contributed by atoms with E-state index in [9.17, 15) is 9.59 Å². The molecule has 0 aromatic heterocycles. The number of nitrogens with one attached hydrogen (secondary N) is 2. The summed E-state index contributed by atoms with van der Waals surface area (Å²) in [6.45, 7) is 7.80. The van der Waals surface area contributed by atoms with Crippen LogP contribution in [0.1, 0.15) is 42.6 Å². The normalized spacial score (nSPS) is 17.7. The second-order valence-electron chi connectivity index (χ2n) is 7.07. The van der Waals surface area contributed by atoms with Gasteiger partial charge in [0.25, 0.3) is 5.91 Å². The Labute approximate surface area is 157 Å². The zero-order valence-corrected chi connectivity index (χ0v) is 16.4. The Morgan fingerprint density at radius 1 is 1.32 bits per heavy atom. The van der Waals surface area contributed by atoms with Crippen LogP contribution in [0.5, 0.6) is 0 Å². The maximum Gasteiger partial charge on any atom is 0.252 e. The molecule has 25 heavy (non-hydrogen) atoms. The van der Waals surface area contributed by atoms with Crippen molar-refractivity contribution >= 4 is 24.2 Å². The third-order valence-electron chi connectivity index (χ3n) is 4.63. The summed E-state index contributed by atoms with van der Waals surface area (Å²) in [5.74, 6) is 0.149. The first-order valence-electron chi connectivity index (χ1n) is 8.74. The number of aryl methyl sites for hydroxylation is 1. The molecule has 1 aliphatic rings. The van der Waals surface area contributed by atoms with E-state index in [1.54, 1.807) is 11.0 Å². The SMILES string of the molecule is Cc1ccccc1C(=O)NC(CC(C)C)C(=O)N(C)C1CCNC1.Cl. The number of hydrogen-bond acceptors (Lipinski definition) is 3. The molecule has 6 heteroatoms. The second-order valence-corrected chi connectivity index (χ2v) is 7.07. The fourth-order valence-electron chi connectivity index (χ4n) is 3.15. The van der Waals surface area contributed by atoms with E-state index in [0.717, 1.165) is 25.1 Å². The van der Waals surface area contributed by atoms with Crippen molar-refractivity contribution in [1.82, 2.24) is 15.5 Å². The van der Waals surface area contributed by atoms with Gasteiger partial charge in [0.05, 0.1) is 0 Å². The lowest BCUT2D eigenvalue weighted by atomic mass is 10.0. The predicted octanol–water partition coefficient (Wildman–Crippen LogP) is 2.38. The molecule has 2 rings (SSSR count). The van der Waals surface area contributed by atoms with Gasteiger partial charge in [0.1, 0.15) is 6.04 Å². The first-order valence-corrected chi connectivity index (χ1v) is 8.74. The molecular formula is C19H30ClN3O2. The number of halogens is 1. The van der Waals surface area contributed by atoms with Crippen molar-refractivity contribution < 1.29 is 9.59 Å². The van der Waals surface area contributed by atoms with Crippen molar-refractivity contribution in [2.45, 2.75) is 45.7 Å². The number of carbonyl (C=O) groups is 2. The molecule has 2 amide bonds. The molecule has 2 N–H and O–H groups in total. The molecule has 2 atom stereocenters. The van der Waals surface area contributed by atoms with Crippen LogP contribution in [0.25, 0.3) is 0 Å². The molecule has 1 fully saturated rings. The molecule has 0 aliphatic carbocycles. The topological polar surface area (TPSA) is 61.4 Å². The Kier molecular flexibility index (Phi) is 8.39. The standard InChI is InChI=1S/C19H29N3O2.ClH/c1-13(2)11-17(19(24)22(4)15-9-10-20-12-15)21-18(23)16-8-6-5-7-14(16)3;/h5-8,13,15,17,20H,9-12H2,1-4H3,(H,21,23);1H. The van der Waals surface area contributed by atoms with Crippen molar-refractivity contribution in [3.8, 4) is 0 Å². The van der Waals surface area contributed by atoms with Crippen LogP contribution in [-0.2, 0) is 4.79 Å². The Balaban J connectivity index is 0.00000312. The smallest absolute Gasteiger partial charge is 0.252 e. The quantitative estimate of drug-likeness (QED) is 0.811. The van der Waals surface area contributed by atoms with Crippen molar-refractivity contribution in [2.24, 2.45) is 5.92 Å². The lowest BCUT2D eigenvalue weighted by molar-refractivity contribution is -0.134. The van der Waals surface area contributed by atoms with Gasteiger partial charge >= 0.3 is 0 Å². The van der Waals surface area contributed by atoms with Crippen molar-refractivity contribution in [1.29, 1.82) is 0 Å². The molecule has 1 saturated heterocycles. The van der Waals surface area contributed by atoms with Crippen LogP contribution in [0.4, 0.5) is 0 Å². The number of benzene rings is 1. The first-order chi connectivity index (χ1) is 11.4. The summed E-state index contributed by atoms with van der Waals surface area (Å²) in [6, 6.07) is 7.18. The van der Waals surface area contributed by atoms with Gasteiger partial charge in [-0.1, -0.05) is 32.0 Å². The zero-order chi connectivity index (χ0) is 17.7. The highest BCUT2D eigenvalue weighted by Gasteiger charge is 2.30. The van der Waals surface area contributed by atoms with Gasteiger partial charge in [-0.2, -0.15) is 0 Å². The van der Waals surface area contributed by atoms with E-state index in [1.807, 2.05) is 32.2 Å². The van der Waals surface area contributed by atoms with Crippen LogP contribution < -0.4 is 10.6 Å². The summed E-state index contributed by atoms with van der Waals surface area (Å²) < 4.78 is 0. The van der Waals surface area contributed by atoms with E-state index in [4.69, 9.17) is 0 Å². The number of nitrogens with zero attached hydrogens (tertiary/aromatic N) is 1. The predicted molar refractivity (Wildman–Crippen MR) is 103 cm³/mol. The number of amides is 2. The minimum absolute atomic E-state index is 0. The molecule has 0 saturated carbocycles. The molecule has 1 aliphatic heterocycles. The van der Waals surface area contributed by atoms with Crippen LogP contribution in [0.2, 0.25) is 0 Å². The third-order valence-corrected chi connectivity index (χ3v) is 4.63. The highest BCUT2D eigenvalue weighted by molar-refractivity contribution is 5.98. The summed E-state index contributed by atoms with van der Waals surface area (Å²) in [6.07, 6.45) is 1.60. The molecule has 0 radical (unpaired) electrons. The van der Waals surface area contributed by atoms with Gasteiger partial charge in [-0.25, -0.2) is 0 Å². The van der Waals surface area contributed by atoms with Crippen molar-refractivity contribution in [3.05, 3.63) is 35.4 Å². The average molecular weight is 368 g/mol. The molecule has 5 nitrogen and oxygen atoms in total. The van der Waals surface area contributed by atoms with Crippen LogP contribution >= 0.6 is 12.4 Å². The van der Waals surface area contributed by atoms with Gasteiger partial charge in [-0.3, -0.25) is 9.59 Å². The molecule has 2 unspecified atom stereocenters. The van der Waals surface area contributed by atoms with E-state index >= 15 is 0 Å². The lowest BCUT2D eigenvalue weighted by Crippen LogP contribution is -2.51. The number of rotatable bonds is 6. The number of likely N-dealkylation sites (N-methyl/N-ethyl adjacent to an activating group) is 1. The molecule has 0 spiro atoms. The molecule has 1 aromatic rings. The van der Waals surface area contributed by atoms with Crippen LogP contribution in [0.15, 0.2) is 24.3 Å². The number of hydrogen-bond donors (Lipinski definition) is 2. The largest absolute Gasteiger partial charge is 0.340 e. The Morgan fingerprint density at radius 2 is 2.00 bits per heavy atom. The van der Waals surface area contributed by atoms with Crippen LogP contribution in [0, 0.1) is 12.8 Å². The summed E-state index contributed by atoms with van der Waals surface area (Å²) in [7, 11) is 1.84. The van der Waals surface area contributed by atoms with Crippen LogP contribution in [0.3, 0.4) is 0 Å². The van der Waals surface area contributed by atoms with Gasteiger partial charge in [0.2, 0.25) is 5.91 Å². The highest BCUT2D eigenvalue weighted by Crippen LogP contribution is 2.14. The molecule has 140 valence electrons. The van der Waals surface area contributed by atoms with Gasteiger partial charge in [-0.15, -0.1) is 12.4 Å². The minimum Gasteiger partial charge on any atom is -0.340 e.